The Hall–Kier alpha value is -0.850. The van der Waals surface area contributed by atoms with Gasteiger partial charge in [0.25, 0.3) is 0 Å². The smallest absolute Gasteiger partial charge is 0.225 e. The van der Waals surface area contributed by atoms with Crippen LogP contribution in [0.2, 0.25) is 0 Å². The number of ether oxygens (including phenoxy) is 1. The van der Waals surface area contributed by atoms with E-state index in [2.05, 4.69) is 34.5 Å². The molecule has 142 valence electrons. The van der Waals surface area contributed by atoms with Crippen LogP contribution in [0.5, 0.6) is 0 Å². The van der Waals surface area contributed by atoms with Gasteiger partial charge in [-0.15, -0.1) is 24.8 Å². The molecule has 2 atom stereocenters. The first kappa shape index (κ1) is 22.2. The molecule has 3 rings (SSSR count). The highest BCUT2D eigenvalue weighted by atomic mass is 35.5. The Morgan fingerprint density at radius 1 is 1.32 bits per heavy atom. The minimum Gasteiger partial charge on any atom is -0.375 e. The van der Waals surface area contributed by atoms with Crippen LogP contribution < -0.4 is 5.32 Å². The van der Waals surface area contributed by atoms with Crippen molar-refractivity contribution in [1.82, 2.24) is 15.1 Å². The molecule has 1 N–H and O–H groups in total. The average molecular weight is 390 g/mol. The maximum atomic E-state index is 12.5. The van der Waals surface area contributed by atoms with E-state index in [1.54, 1.807) is 0 Å². The molecule has 1 aromatic rings. The molecule has 2 saturated heterocycles. The fraction of sp³-hybridized carbons (Fsp3) is 0.611. The van der Waals surface area contributed by atoms with Gasteiger partial charge in [-0.3, -0.25) is 9.69 Å². The number of rotatable bonds is 5. The fourth-order valence-corrected chi connectivity index (χ4v) is 3.40. The zero-order chi connectivity index (χ0) is 16.1. The summed E-state index contributed by atoms with van der Waals surface area (Å²) in [5, 5.41) is 3.31. The molecule has 0 radical (unpaired) electrons. The number of halogens is 2. The second-order valence-electron chi connectivity index (χ2n) is 6.57. The summed E-state index contributed by atoms with van der Waals surface area (Å²) in [6.45, 7) is 5.32. The van der Waals surface area contributed by atoms with Crippen LogP contribution in [0.4, 0.5) is 0 Å². The largest absolute Gasteiger partial charge is 0.375 e. The lowest BCUT2D eigenvalue weighted by molar-refractivity contribution is -0.136. The van der Waals surface area contributed by atoms with Crippen LogP contribution in [0.25, 0.3) is 0 Å². The van der Waals surface area contributed by atoms with Crippen LogP contribution in [0, 0.1) is 0 Å². The summed E-state index contributed by atoms with van der Waals surface area (Å²) in [4.78, 5) is 16.7. The van der Waals surface area contributed by atoms with Crippen LogP contribution >= 0.6 is 24.8 Å². The molecule has 2 aliphatic heterocycles. The molecule has 0 bridgehead atoms. The van der Waals surface area contributed by atoms with Gasteiger partial charge in [0, 0.05) is 39.3 Å². The van der Waals surface area contributed by atoms with Crippen molar-refractivity contribution >= 4 is 30.7 Å². The van der Waals surface area contributed by atoms with Gasteiger partial charge in [-0.1, -0.05) is 30.3 Å². The molecule has 2 aliphatic rings. The van der Waals surface area contributed by atoms with E-state index in [4.69, 9.17) is 4.74 Å². The van der Waals surface area contributed by atoms with Gasteiger partial charge in [0.2, 0.25) is 5.91 Å². The van der Waals surface area contributed by atoms with Gasteiger partial charge >= 0.3 is 0 Å². The third-order valence-corrected chi connectivity index (χ3v) is 4.85. The van der Waals surface area contributed by atoms with Crippen molar-refractivity contribution < 1.29 is 9.53 Å². The second-order valence-corrected chi connectivity index (χ2v) is 6.57. The molecule has 1 aromatic carbocycles. The van der Waals surface area contributed by atoms with E-state index in [9.17, 15) is 4.79 Å². The highest BCUT2D eigenvalue weighted by molar-refractivity contribution is 5.85. The van der Waals surface area contributed by atoms with Gasteiger partial charge in [0.05, 0.1) is 19.1 Å². The molecule has 2 heterocycles. The molecule has 0 aromatic heterocycles. The van der Waals surface area contributed by atoms with Crippen LogP contribution in [0.1, 0.15) is 18.4 Å². The van der Waals surface area contributed by atoms with E-state index in [1.165, 1.54) is 5.56 Å². The molecular formula is C18H29Cl2N3O2. The van der Waals surface area contributed by atoms with Gasteiger partial charge in [-0.2, -0.15) is 0 Å². The number of amides is 1. The third-order valence-electron chi connectivity index (χ3n) is 4.85. The van der Waals surface area contributed by atoms with Gasteiger partial charge in [0.1, 0.15) is 0 Å². The van der Waals surface area contributed by atoms with Crippen LogP contribution in [-0.4, -0.2) is 67.7 Å². The Morgan fingerprint density at radius 2 is 2.08 bits per heavy atom. The van der Waals surface area contributed by atoms with Gasteiger partial charge in [-0.25, -0.2) is 0 Å². The topological polar surface area (TPSA) is 44.8 Å². The van der Waals surface area contributed by atoms with E-state index in [-0.39, 0.29) is 36.8 Å². The maximum absolute atomic E-state index is 12.5. The van der Waals surface area contributed by atoms with Crippen LogP contribution in [0.3, 0.4) is 0 Å². The normalized spacial score (nSPS) is 23.4. The molecule has 0 aliphatic carbocycles. The number of carbonyl (C=O) groups excluding carboxylic acids is 1. The van der Waals surface area contributed by atoms with Crippen molar-refractivity contribution in [2.24, 2.45) is 0 Å². The van der Waals surface area contributed by atoms with Crippen LogP contribution in [0.15, 0.2) is 30.3 Å². The number of likely N-dealkylation sites (N-methyl/N-ethyl adjacent to an activating group) is 1. The summed E-state index contributed by atoms with van der Waals surface area (Å²) in [5.74, 6) is 0.199. The Kier molecular flexibility index (Phi) is 9.75. The van der Waals surface area contributed by atoms with Crippen molar-refractivity contribution in [3.8, 4) is 0 Å². The van der Waals surface area contributed by atoms with E-state index >= 15 is 0 Å². The zero-order valence-corrected chi connectivity index (χ0v) is 16.4. The highest BCUT2D eigenvalue weighted by Gasteiger charge is 2.28. The molecule has 0 spiro atoms. The minimum atomic E-state index is 0. The van der Waals surface area contributed by atoms with E-state index in [0.29, 0.717) is 19.1 Å². The first-order valence-electron chi connectivity index (χ1n) is 8.56. The SMILES string of the molecule is CN(C(=O)CC1CN(Cc2ccccc2)CCO1)C1CCNC1.Cl.Cl. The summed E-state index contributed by atoms with van der Waals surface area (Å²) < 4.78 is 5.82. The molecule has 1 amide bonds. The maximum Gasteiger partial charge on any atom is 0.225 e. The molecule has 2 fully saturated rings. The number of benzene rings is 1. The first-order valence-corrected chi connectivity index (χ1v) is 8.56. The predicted molar refractivity (Wildman–Crippen MR) is 105 cm³/mol. The quantitative estimate of drug-likeness (QED) is 0.835. The molecule has 0 saturated carbocycles. The number of nitrogens with one attached hydrogen (secondary N) is 1. The van der Waals surface area contributed by atoms with E-state index < -0.39 is 0 Å². The van der Waals surface area contributed by atoms with Crippen LogP contribution in [-0.2, 0) is 16.1 Å². The van der Waals surface area contributed by atoms with Gasteiger partial charge < -0.3 is 15.0 Å². The summed E-state index contributed by atoms with van der Waals surface area (Å²) in [6.07, 6.45) is 1.54. The summed E-state index contributed by atoms with van der Waals surface area (Å²) >= 11 is 0. The van der Waals surface area contributed by atoms with Gasteiger partial charge in [-0.05, 0) is 18.5 Å². The lowest BCUT2D eigenvalue weighted by Gasteiger charge is -2.34. The summed E-state index contributed by atoms with van der Waals surface area (Å²) in [7, 11) is 1.92. The Morgan fingerprint density at radius 3 is 2.76 bits per heavy atom. The van der Waals surface area contributed by atoms with Crippen molar-refractivity contribution in [3.05, 3.63) is 35.9 Å². The van der Waals surface area contributed by atoms with Gasteiger partial charge in [0.15, 0.2) is 0 Å². The van der Waals surface area contributed by atoms with Crippen molar-refractivity contribution in [1.29, 1.82) is 0 Å². The monoisotopic (exact) mass is 389 g/mol. The minimum absolute atomic E-state index is 0. The number of morpholine rings is 1. The van der Waals surface area contributed by atoms with E-state index in [1.807, 2.05) is 18.0 Å². The number of carbonyl (C=O) groups is 1. The van der Waals surface area contributed by atoms with Crippen molar-refractivity contribution in [2.45, 2.75) is 31.5 Å². The standard InChI is InChI=1S/C18H27N3O2.2ClH/c1-20(16-7-8-19-12-16)18(22)11-17-14-21(9-10-23-17)13-15-5-3-2-4-6-15;;/h2-6,16-17,19H,7-14H2,1H3;2*1H. The fourth-order valence-electron chi connectivity index (χ4n) is 3.40. The Balaban J connectivity index is 0.00000156. The number of nitrogens with zero attached hydrogens (tertiary/aromatic N) is 2. The Bertz CT molecular complexity index is 512. The molecule has 5 nitrogen and oxygen atoms in total. The van der Waals surface area contributed by atoms with Crippen molar-refractivity contribution in [3.63, 3.8) is 0 Å². The average Bonchev–Trinajstić information content (AvgIpc) is 3.10. The molecule has 2 unspecified atom stereocenters. The highest BCUT2D eigenvalue weighted by Crippen LogP contribution is 2.15. The predicted octanol–water partition coefficient (Wildman–Crippen LogP) is 1.94. The second kappa shape index (κ2) is 11.0. The third kappa shape index (κ3) is 6.42. The van der Waals surface area contributed by atoms with Crippen molar-refractivity contribution in [2.75, 3.05) is 39.8 Å². The Labute approximate surface area is 162 Å². The lowest BCUT2D eigenvalue weighted by atomic mass is 10.1. The lowest BCUT2D eigenvalue weighted by Crippen LogP contribution is -2.46. The number of hydrogen-bond acceptors (Lipinski definition) is 4. The molecule has 25 heavy (non-hydrogen) atoms. The summed E-state index contributed by atoms with van der Waals surface area (Å²) in [5.41, 5.74) is 1.31. The van der Waals surface area contributed by atoms with E-state index in [0.717, 1.165) is 39.1 Å². The first-order chi connectivity index (χ1) is 11.2. The molecule has 7 heteroatoms. The zero-order valence-electron chi connectivity index (χ0n) is 14.7. The number of hydrogen-bond donors (Lipinski definition) is 1. The molecular weight excluding hydrogens is 361 g/mol. The summed E-state index contributed by atoms with van der Waals surface area (Å²) in [6, 6.07) is 10.8.